The van der Waals surface area contributed by atoms with Gasteiger partial charge in [0.1, 0.15) is 6.29 Å². The predicted octanol–water partition coefficient (Wildman–Crippen LogP) is 0.874. The van der Waals surface area contributed by atoms with Crippen LogP contribution in [0.2, 0.25) is 0 Å². The second-order valence-corrected chi connectivity index (χ2v) is 3.02. The van der Waals surface area contributed by atoms with E-state index in [1.165, 1.54) is 6.08 Å². The van der Waals surface area contributed by atoms with Crippen LogP contribution in [0.4, 0.5) is 0 Å². The van der Waals surface area contributed by atoms with Gasteiger partial charge in [-0.15, -0.1) is 6.58 Å². The third-order valence-corrected chi connectivity index (χ3v) is 1.95. The maximum Gasteiger partial charge on any atom is 0.331 e. The number of hydrogen-bond donors (Lipinski definition) is 0. The summed E-state index contributed by atoms with van der Waals surface area (Å²) < 4.78 is 9.40. The van der Waals surface area contributed by atoms with E-state index in [9.17, 15) is 14.4 Å². The van der Waals surface area contributed by atoms with E-state index >= 15 is 0 Å². The van der Waals surface area contributed by atoms with Crippen molar-refractivity contribution in [3.63, 3.8) is 0 Å². The first-order valence-corrected chi connectivity index (χ1v) is 5.00. The molecule has 0 radical (unpaired) electrons. The van der Waals surface area contributed by atoms with Crippen molar-refractivity contribution in [2.45, 2.75) is 20.3 Å². The molecule has 0 aliphatic rings. The molecule has 90 valence electrons. The number of allylic oxidation sites excluding steroid dienone is 1. The minimum Gasteiger partial charge on any atom is -0.465 e. The van der Waals surface area contributed by atoms with Crippen molar-refractivity contribution in [2.75, 3.05) is 13.2 Å². The Morgan fingerprint density at radius 1 is 1.19 bits per heavy atom. The van der Waals surface area contributed by atoms with Crippen LogP contribution in [0, 0.1) is 5.41 Å². The van der Waals surface area contributed by atoms with Crippen molar-refractivity contribution in [1.82, 2.24) is 0 Å². The molecule has 0 amide bonds. The van der Waals surface area contributed by atoms with E-state index in [2.05, 4.69) is 6.58 Å². The Kier molecular flexibility index (Phi) is 6.07. The first-order chi connectivity index (χ1) is 7.58. The summed E-state index contributed by atoms with van der Waals surface area (Å²) in [4.78, 5) is 34.2. The van der Waals surface area contributed by atoms with E-state index in [0.717, 1.165) is 0 Å². The van der Waals surface area contributed by atoms with E-state index in [0.29, 0.717) is 0 Å². The molecular formula is C11H16O5. The Labute approximate surface area is 94.4 Å². The first kappa shape index (κ1) is 14.3. The van der Waals surface area contributed by atoms with Gasteiger partial charge in [0.15, 0.2) is 0 Å². The van der Waals surface area contributed by atoms with Gasteiger partial charge >= 0.3 is 11.9 Å². The largest absolute Gasteiger partial charge is 0.465 e. The van der Waals surface area contributed by atoms with Gasteiger partial charge in [0.05, 0.1) is 13.2 Å². The molecule has 16 heavy (non-hydrogen) atoms. The summed E-state index contributed by atoms with van der Waals surface area (Å²) in [5.74, 6) is -1.80. The molecule has 0 bridgehead atoms. The molecule has 0 aromatic carbocycles. The quantitative estimate of drug-likeness (QED) is 0.280. The highest BCUT2D eigenvalue weighted by molar-refractivity contribution is 6.13. The highest BCUT2D eigenvalue weighted by Crippen LogP contribution is 2.24. The number of hydrogen-bond acceptors (Lipinski definition) is 5. The minimum absolute atomic E-state index is 0.0883. The first-order valence-electron chi connectivity index (χ1n) is 5.00. The SMILES string of the molecule is C=CCC(C=O)(C(=O)OCC)C(=O)OCC. The number of esters is 2. The van der Waals surface area contributed by atoms with Gasteiger partial charge in [-0.25, -0.2) is 0 Å². The molecule has 5 heteroatoms. The van der Waals surface area contributed by atoms with Crippen LogP contribution in [-0.4, -0.2) is 31.4 Å². The third-order valence-electron chi connectivity index (χ3n) is 1.95. The van der Waals surface area contributed by atoms with Gasteiger partial charge in [-0.1, -0.05) is 6.08 Å². The fourth-order valence-electron chi connectivity index (χ4n) is 1.14. The maximum atomic E-state index is 11.6. The number of rotatable bonds is 7. The van der Waals surface area contributed by atoms with Gasteiger partial charge in [0.25, 0.3) is 0 Å². The van der Waals surface area contributed by atoms with Gasteiger partial charge in [-0.05, 0) is 20.3 Å². The number of carbonyl (C=O) groups is 3. The van der Waals surface area contributed by atoms with Crippen LogP contribution in [0.3, 0.4) is 0 Å². The fraction of sp³-hybridized carbons (Fsp3) is 0.545. The summed E-state index contributed by atoms with van der Waals surface area (Å²) in [6.07, 6.45) is 1.43. The van der Waals surface area contributed by atoms with Crippen molar-refractivity contribution in [3.05, 3.63) is 12.7 Å². The molecule has 0 rings (SSSR count). The lowest BCUT2D eigenvalue weighted by molar-refractivity contribution is -0.171. The Hall–Kier alpha value is -1.65. The average molecular weight is 228 g/mol. The van der Waals surface area contributed by atoms with E-state index in [1.54, 1.807) is 13.8 Å². The number of aldehydes is 1. The molecule has 0 saturated carbocycles. The summed E-state index contributed by atoms with van der Waals surface area (Å²) in [6, 6.07) is 0. The summed E-state index contributed by atoms with van der Waals surface area (Å²) in [7, 11) is 0. The van der Waals surface area contributed by atoms with E-state index in [4.69, 9.17) is 9.47 Å². The van der Waals surface area contributed by atoms with E-state index in [1.807, 2.05) is 0 Å². The number of ether oxygens (including phenoxy) is 2. The molecule has 0 unspecified atom stereocenters. The van der Waals surface area contributed by atoms with Crippen molar-refractivity contribution >= 4 is 18.2 Å². The molecule has 0 N–H and O–H groups in total. The van der Waals surface area contributed by atoms with Crippen LogP contribution in [0.5, 0.6) is 0 Å². The highest BCUT2D eigenvalue weighted by Gasteiger charge is 2.48. The van der Waals surface area contributed by atoms with Gasteiger partial charge in [-0.3, -0.25) is 9.59 Å². The van der Waals surface area contributed by atoms with Crippen LogP contribution in [0.25, 0.3) is 0 Å². The standard InChI is InChI=1S/C11H16O5/c1-4-7-11(8-12,9(13)15-5-2)10(14)16-6-3/h4,8H,1,5-7H2,2-3H3. The molecule has 0 spiro atoms. The zero-order valence-corrected chi connectivity index (χ0v) is 9.52. The lowest BCUT2D eigenvalue weighted by atomic mass is 9.86. The topological polar surface area (TPSA) is 69.7 Å². The minimum atomic E-state index is -1.91. The second kappa shape index (κ2) is 6.76. The molecule has 0 fully saturated rings. The average Bonchev–Trinajstić information content (AvgIpc) is 2.26. The molecule has 5 nitrogen and oxygen atoms in total. The lowest BCUT2D eigenvalue weighted by Crippen LogP contribution is -2.43. The molecule has 0 atom stereocenters. The van der Waals surface area contributed by atoms with Crippen molar-refractivity contribution in [1.29, 1.82) is 0 Å². The molecule has 0 aliphatic heterocycles. The lowest BCUT2D eigenvalue weighted by Gasteiger charge is -2.21. The molecule has 0 heterocycles. The van der Waals surface area contributed by atoms with Crippen LogP contribution in [-0.2, 0) is 23.9 Å². The van der Waals surface area contributed by atoms with Gasteiger partial charge in [-0.2, -0.15) is 0 Å². The van der Waals surface area contributed by atoms with Crippen molar-refractivity contribution in [2.24, 2.45) is 5.41 Å². The third kappa shape index (κ3) is 2.92. The van der Waals surface area contributed by atoms with Crippen molar-refractivity contribution in [3.8, 4) is 0 Å². The van der Waals surface area contributed by atoms with Crippen LogP contribution in [0.15, 0.2) is 12.7 Å². The summed E-state index contributed by atoms with van der Waals surface area (Å²) >= 11 is 0. The maximum absolute atomic E-state index is 11.6. The molecule has 0 aliphatic carbocycles. The van der Waals surface area contributed by atoms with Crippen LogP contribution < -0.4 is 0 Å². The smallest absolute Gasteiger partial charge is 0.331 e. The zero-order valence-electron chi connectivity index (χ0n) is 9.52. The second-order valence-electron chi connectivity index (χ2n) is 3.02. The number of carbonyl (C=O) groups excluding carboxylic acids is 3. The fourth-order valence-corrected chi connectivity index (χ4v) is 1.14. The normalized spacial score (nSPS) is 10.4. The predicted molar refractivity (Wildman–Crippen MR) is 56.6 cm³/mol. The van der Waals surface area contributed by atoms with Crippen LogP contribution in [0.1, 0.15) is 20.3 Å². The monoisotopic (exact) mass is 228 g/mol. The van der Waals surface area contributed by atoms with Gasteiger partial charge in [0.2, 0.25) is 5.41 Å². The Morgan fingerprint density at radius 3 is 1.88 bits per heavy atom. The highest BCUT2D eigenvalue weighted by atomic mass is 16.6. The van der Waals surface area contributed by atoms with Crippen LogP contribution >= 0.6 is 0 Å². The Balaban J connectivity index is 5.12. The molecule has 0 saturated heterocycles. The van der Waals surface area contributed by atoms with Gasteiger partial charge in [0, 0.05) is 0 Å². The summed E-state index contributed by atoms with van der Waals surface area (Å²) in [6.45, 7) is 6.76. The zero-order chi connectivity index (χ0) is 12.6. The molecule has 0 aromatic rings. The summed E-state index contributed by atoms with van der Waals surface area (Å²) in [5, 5.41) is 0. The van der Waals surface area contributed by atoms with Crippen molar-refractivity contribution < 1.29 is 23.9 Å². The molecule has 0 aromatic heterocycles. The Morgan fingerprint density at radius 2 is 1.62 bits per heavy atom. The van der Waals surface area contributed by atoms with E-state index < -0.39 is 17.4 Å². The van der Waals surface area contributed by atoms with Gasteiger partial charge < -0.3 is 14.3 Å². The summed E-state index contributed by atoms with van der Waals surface area (Å²) in [5.41, 5.74) is -1.91. The Bertz CT molecular complexity index is 264. The van der Waals surface area contributed by atoms with E-state index in [-0.39, 0.29) is 25.9 Å². The molecular weight excluding hydrogens is 212 g/mol.